The van der Waals surface area contributed by atoms with Gasteiger partial charge in [0.2, 0.25) is 0 Å². The van der Waals surface area contributed by atoms with Crippen LogP contribution in [0.2, 0.25) is 0 Å². The van der Waals surface area contributed by atoms with Gasteiger partial charge in [-0.15, -0.1) is 0 Å². The molecule has 42 heavy (non-hydrogen) atoms. The first-order chi connectivity index (χ1) is 20.2. The monoisotopic (exact) mass is 568 g/mol. The summed E-state index contributed by atoms with van der Waals surface area (Å²) >= 11 is 0. The zero-order valence-electron chi connectivity index (χ0n) is 24.2. The van der Waals surface area contributed by atoms with Crippen molar-refractivity contribution in [3.63, 3.8) is 0 Å². The normalized spacial score (nSPS) is 11.1. The smallest absolute Gasteiger partial charge is 0.272 e. The van der Waals surface area contributed by atoms with Gasteiger partial charge in [-0.25, -0.2) is 0 Å². The molecule has 3 amide bonds. The fourth-order valence-electron chi connectivity index (χ4n) is 4.23. The van der Waals surface area contributed by atoms with Crippen molar-refractivity contribution in [2.75, 3.05) is 43.1 Å². The maximum atomic E-state index is 13.0. The molecule has 0 aliphatic heterocycles. The molecule has 0 atom stereocenters. The number of benzene rings is 1. The fraction of sp³-hybridized carbons (Fsp3) is 0.226. The van der Waals surface area contributed by atoms with Crippen molar-refractivity contribution in [2.45, 2.75) is 6.42 Å². The molecule has 0 saturated heterocycles. The quantitative estimate of drug-likeness (QED) is 0.191. The van der Waals surface area contributed by atoms with Crippen LogP contribution in [0.15, 0.2) is 79.5 Å². The molecule has 0 aliphatic rings. The van der Waals surface area contributed by atoms with Crippen LogP contribution in [0, 0.1) is 0 Å². The van der Waals surface area contributed by atoms with Gasteiger partial charge >= 0.3 is 0 Å². The van der Waals surface area contributed by atoms with Gasteiger partial charge in [0.25, 0.3) is 17.7 Å². The molecule has 0 unspecified atom stereocenters. The first-order valence-electron chi connectivity index (χ1n) is 13.5. The Kier molecular flexibility index (Phi) is 9.90. The zero-order chi connectivity index (χ0) is 30.1. The number of rotatable bonds is 12. The minimum Gasteiger partial charge on any atom is -0.362 e. The molecule has 0 saturated carbocycles. The predicted octanol–water partition coefficient (Wildman–Crippen LogP) is 4.03. The van der Waals surface area contributed by atoms with Crippen LogP contribution < -0.4 is 21.3 Å². The maximum absolute atomic E-state index is 13.0. The number of carbonyl (C=O) groups excluding carboxylic acids is 3. The van der Waals surface area contributed by atoms with Gasteiger partial charge in [0.05, 0.1) is 11.4 Å². The Morgan fingerprint density at radius 2 is 1.40 bits per heavy atom. The van der Waals surface area contributed by atoms with Crippen molar-refractivity contribution >= 4 is 40.9 Å². The van der Waals surface area contributed by atoms with Crippen molar-refractivity contribution in [3.05, 3.63) is 102 Å². The Bertz CT molecular complexity index is 1550. The first-order valence-corrected chi connectivity index (χ1v) is 13.5. The summed E-state index contributed by atoms with van der Waals surface area (Å²) in [6.45, 7) is 1.44. The Labute approximate surface area is 245 Å². The zero-order valence-corrected chi connectivity index (χ0v) is 24.2. The number of aryl methyl sites for hydroxylation is 2. The first kappa shape index (κ1) is 29.8. The summed E-state index contributed by atoms with van der Waals surface area (Å²) in [7, 11) is 7.45. The van der Waals surface area contributed by atoms with Gasteiger partial charge in [-0.1, -0.05) is 0 Å². The Morgan fingerprint density at radius 1 is 0.810 bits per heavy atom. The van der Waals surface area contributed by atoms with E-state index >= 15 is 0 Å². The van der Waals surface area contributed by atoms with Crippen LogP contribution in [0.5, 0.6) is 0 Å². The number of carbonyl (C=O) groups is 3. The van der Waals surface area contributed by atoms with Gasteiger partial charge in [0.1, 0.15) is 11.4 Å². The van der Waals surface area contributed by atoms with Gasteiger partial charge in [0, 0.05) is 62.9 Å². The number of hydrogen-bond donors (Lipinski definition) is 4. The summed E-state index contributed by atoms with van der Waals surface area (Å²) in [4.78, 5) is 44.5. The number of anilines is 3. The second kappa shape index (κ2) is 14.0. The summed E-state index contributed by atoms with van der Waals surface area (Å²) in [6.07, 6.45) is 11.4. The summed E-state index contributed by atoms with van der Waals surface area (Å²) in [5, 5.41) is 11.8. The minimum absolute atomic E-state index is 0.203. The van der Waals surface area contributed by atoms with Crippen LogP contribution >= 0.6 is 0 Å². The van der Waals surface area contributed by atoms with E-state index in [9.17, 15) is 14.4 Å². The van der Waals surface area contributed by atoms with Crippen LogP contribution in [-0.2, 0) is 14.1 Å². The van der Waals surface area contributed by atoms with Gasteiger partial charge in [-0.3, -0.25) is 19.4 Å². The molecule has 0 aliphatic carbocycles. The molecule has 0 bridgehead atoms. The van der Waals surface area contributed by atoms with Crippen LogP contribution in [0.25, 0.3) is 6.08 Å². The molecule has 0 radical (unpaired) electrons. The summed E-state index contributed by atoms with van der Waals surface area (Å²) in [5.74, 6) is -0.863. The predicted molar refractivity (Wildman–Crippen MR) is 166 cm³/mol. The lowest BCUT2D eigenvalue weighted by atomic mass is 10.2. The SMILES string of the molecule is CN(C)CCCNC(=O)c1cc(NC(=O)c2cc(NC(=O)c3ccc(N/C=C/c4ccncc4)cc3)cn2C)cn1C. The summed E-state index contributed by atoms with van der Waals surface area (Å²) < 4.78 is 3.31. The lowest BCUT2D eigenvalue weighted by molar-refractivity contribution is 0.0942. The number of pyridine rings is 1. The van der Waals surface area contributed by atoms with E-state index in [-0.39, 0.29) is 17.7 Å². The highest BCUT2D eigenvalue weighted by atomic mass is 16.2. The maximum Gasteiger partial charge on any atom is 0.272 e. The second-order valence-electron chi connectivity index (χ2n) is 10.1. The molecule has 3 aromatic heterocycles. The topological polar surface area (TPSA) is 125 Å². The molecule has 3 heterocycles. The van der Waals surface area contributed by atoms with Crippen molar-refractivity contribution in [1.82, 2.24) is 24.3 Å². The lowest BCUT2D eigenvalue weighted by Crippen LogP contribution is -2.28. The van der Waals surface area contributed by atoms with E-state index in [0.717, 1.165) is 24.2 Å². The molecule has 4 N–H and O–H groups in total. The number of amides is 3. The molecule has 4 aromatic rings. The van der Waals surface area contributed by atoms with E-state index in [4.69, 9.17) is 0 Å². The Hall–Kier alpha value is -5.16. The van der Waals surface area contributed by atoms with Crippen LogP contribution in [0.4, 0.5) is 17.1 Å². The molecule has 11 nitrogen and oxygen atoms in total. The fourth-order valence-corrected chi connectivity index (χ4v) is 4.23. The molecule has 4 rings (SSSR count). The summed E-state index contributed by atoms with van der Waals surface area (Å²) in [5.41, 5.74) is 4.11. The van der Waals surface area contributed by atoms with Crippen molar-refractivity contribution in [1.29, 1.82) is 0 Å². The summed E-state index contributed by atoms with van der Waals surface area (Å²) in [6, 6.07) is 14.1. The average Bonchev–Trinajstić information content (AvgIpc) is 3.52. The lowest BCUT2D eigenvalue weighted by Gasteiger charge is -2.10. The van der Waals surface area contributed by atoms with Crippen LogP contribution in [0.3, 0.4) is 0 Å². The second-order valence-corrected chi connectivity index (χ2v) is 10.1. The van der Waals surface area contributed by atoms with E-state index < -0.39 is 0 Å². The molecule has 0 spiro atoms. The van der Waals surface area contributed by atoms with Crippen molar-refractivity contribution in [3.8, 4) is 0 Å². The molecule has 0 fully saturated rings. The van der Waals surface area contributed by atoms with E-state index in [0.29, 0.717) is 34.9 Å². The number of nitrogens with one attached hydrogen (secondary N) is 4. The Balaban J connectivity index is 1.31. The van der Waals surface area contributed by atoms with Crippen molar-refractivity contribution < 1.29 is 14.4 Å². The average molecular weight is 569 g/mol. The standard InChI is InChI=1S/C31H36N8O3/c1-37(2)17-5-13-34-30(41)27-18-26(21-38(27)3)36-31(42)28-19-25(20-39(28)4)35-29(40)23-6-8-24(9-7-23)33-16-12-22-10-14-32-15-11-22/h6-12,14-16,18-21,33H,5,13,17H2,1-4H3,(H,34,41)(H,35,40)(H,36,42)/b16-12+. The highest BCUT2D eigenvalue weighted by molar-refractivity contribution is 6.07. The molecular weight excluding hydrogens is 532 g/mol. The third-order valence-corrected chi connectivity index (χ3v) is 6.44. The third-order valence-electron chi connectivity index (χ3n) is 6.44. The van der Waals surface area contributed by atoms with E-state index in [2.05, 4.69) is 31.2 Å². The Morgan fingerprint density at radius 3 is 2.02 bits per heavy atom. The van der Waals surface area contributed by atoms with E-state index in [1.165, 1.54) is 0 Å². The molecule has 1 aromatic carbocycles. The molecular formula is C31H36N8O3. The number of hydrogen-bond acceptors (Lipinski definition) is 6. The van der Waals surface area contributed by atoms with Gasteiger partial charge in [-0.05, 0) is 87.2 Å². The number of nitrogens with zero attached hydrogens (tertiary/aromatic N) is 4. The van der Waals surface area contributed by atoms with Gasteiger partial charge in [0.15, 0.2) is 0 Å². The number of aromatic nitrogens is 3. The largest absolute Gasteiger partial charge is 0.362 e. The van der Waals surface area contributed by atoms with Crippen molar-refractivity contribution in [2.24, 2.45) is 14.1 Å². The molecule has 11 heteroatoms. The van der Waals surface area contributed by atoms with Crippen LogP contribution in [-0.4, -0.2) is 63.9 Å². The van der Waals surface area contributed by atoms with E-state index in [1.54, 1.807) is 72.3 Å². The highest BCUT2D eigenvalue weighted by Crippen LogP contribution is 2.19. The molecule has 218 valence electrons. The van der Waals surface area contributed by atoms with Gasteiger partial charge in [-0.2, -0.15) is 0 Å². The van der Waals surface area contributed by atoms with Crippen LogP contribution in [0.1, 0.15) is 43.3 Å². The minimum atomic E-state index is -0.364. The van der Waals surface area contributed by atoms with Gasteiger partial charge < -0.3 is 35.3 Å². The third kappa shape index (κ3) is 8.18. The van der Waals surface area contributed by atoms with E-state index in [1.807, 2.05) is 50.6 Å². The highest BCUT2D eigenvalue weighted by Gasteiger charge is 2.17.